The first kappa shape index (κ1) is 21.5. The summed E-state index contributed by atoms with van der Waals surface area (Å²) in [5.74, 6) is -0.431. The topological polar surface area (TPSA) is 66.5 Å². The van der Waals surface area contributed by atoms with Gasteiger partial charge in [0.2, 0.25) is 15.9 Å². The molecule has 2 rings (SSSR count). The summed E-state index contributed by atoms with van der Waals surface area (Å²) in [7, 11) is -3.79. The Kier molecular flexibility index (Phi) is 7.14. The number of nitrogens with one attached hydrogen (secondary N) is 1. The van der Waals surface area contributed by atoms with Crippen LogP contribution in [0, 0.1) is 0 Å². The van der Waals surface area contributed by atoms with E-state index in [0.29, 0.717) is 10.7 Å². The van der Waals surface area contributed by atoms with E-state index in [-0.39, 0.29) is 17.1 Å². The molecule has 146 valence electrons. The van der Waals surface area contributed by atoms with Gasteiger partial charge in [0.15, 0.2) is 0 Å². The minimum absolute atomic E-state index is 0.178. The standard InChI is InChI=1S/C19H22Cl2N2O3S/c1-4-13-8-6-7-9-16(13)22-19(24)17(5-2)23(27(3,25)26)18-12-14(20)10-11-15(18)21/h6-12,17H,4-5H2,1-3H3,(H,22,24)/t17-/m1/s1. The minimum Gasteiger partial charge on any atom is -0.324 e. The number of halogens is 2. The van der Waals surface area contributed by atoms with Crippen LogP contribution in [0.25, 0.3) is 0 Å². The van der Waals surface area contributed by atoms with Gasteiger partial charge in [-0.3, -0.25) is 9.10 Å². The van der Waals surface area contributed by atoms with Crippen molar-refractivity contribution in [3.8, 4) is 0 Å². The number of carbonyl (C=O) groups excluding carboxylic acids is 1. The Hall–Kier alpha value is -1.76. The van der Waals surface area contributed by atoms with E-state index in [2.05, 4.69) is 5.32 Å². The Balaban J connectivity index is 2.46. The SMILES string of the molecule is CCc1ccccc1NC(=O)[C@@H](CC)N(c1cc(Cl)ccc1Cl)S(C)(=O)=O. The largest absolute Gasteiger partial charge is 0.324 e. The van der Waals surface area contributed by atoms with Gasteiger partial charge in [-0.25, -0.2) is 8.42 Å². The number of hydrogen-bond acceptors (Lipinski definition) is 3. The van der Waals surface area contributed by atoms with Crippen molar-refractivity contribution in [2.24, 2.45) is 0 Å². The van der Waals surface area contributed by atoms with Crippen molar-refractivity contribution in [3.63, 3.8) is 0 Å². The average Bonchev–Trinajstić information content (AvgIpc) is 2.61. The first-order valence-electron chi connectivity index (χ1n) is 8.52. The van der Waals surface area contributed by atoms with Crippen molar-refractivity contribution in [2.75, 3.05) is 15.9 Å². The molecular weight excluding hydrogens is 407 g/mol. The Bertz CT molecular complexity index is 932. The molecule has 0 saturated carbocycles. The molecule has 0 bridgehead atoms. The number of amides is 1. The zero-order valence-electron chi connectivity index (χ0n) is 15.4. The van der Waals surface area contributed by atoms with Gasteiger partial charge >= 0.3 is 0 Å². The summed E-state index contributed by atoms with van der Waals surface area (Å²) in [6, 6.07) is 11.0. The van der Waals surface area contributed by atoms with Crippen molar-refractivity contribution in [1.82, 2.24) is 0 Å². The summed E-state index contributed by atoms with van der Waals surface area (Å²) >= 11 is 12.2. The lowest BCUT2D eigenvalue weighted by molar-refractivity contribution is -0.117. The minimum atomic E-state index is -3.79. The van der Waals surface area contributed by atoms with Gasteiger partial charge < -0.3 is 5.32 Å². The summed E-state index contributed by atoms with van der Waals surface area (Å²) < 4.78 is 26.1. The molecular formula is C19H22Cl2N2O3S. The maximum absolute atomic E-state index is 13.0. The van der Waals surface area contributed by atoms with Crippen molar-refractivity contribution in [1.29, 1.82) is 0 Å². The second-order valence-electron chi connectivity index (χ2n) is 6.08. The molecule has 0 saturated heterocycles. The molecule has 1 N–H and O–H groups in total. The van der Waals surface area contributed by atoms with Crippen molar-refractivity contribution in [2.45, 2.75) is 32.7 Å². The van der Waals surface area contributed by atoms with Crippen LogP contribution in [-0.2, 0) is 21.2 Å². The number of para-hydroxylation sites is 1. The molecule has 1 atom stereocenters. The summed E-state index contributed by atoms with van der Waals surface area (Å²) in [5, 5.41) is 3.38. The van der Waals surface area contributed by atoms with E-state index in [4.69, 9.17) is 23.2 Å². The third-order valence-corrected chi connectivity index (χ3v) is 5.85. The van der Waals surface area contributed by atoms with Crippen LogP contribution in [0.3, 0.4) is 0 Å². The molecule has 0 unspecified atom stereocenters. The van der Waals surface area contributed by atoms with E-state index in [1.54, 1.807) is 19.1 Å². The molecule has 0 heterocycles. The molecule has 5 nitrogen and oxygen atoms in total. The summed E-state index contributed by atoms with van der Waals surface area (Å²) in [5.41, 5.74) is 1.80. The van der Waals surface area contributed by atoms with Gasteiger partial charge in [0.1, 0.15) is 6.04 Å². The number of sulfonamides is 1. The molecule has 27 heavy (non-hydrogen) atoms. The number of benzene rings is 2. The van der Waals surface area contributed by atoms with Crippen LogP contribution >= 0.6 is 23.2 Å². The molecule has 0 spiro atoms. The van der Waals surface area contributed by atoms with Crippen LogP contribution in [0.4, 0.5) is 11.4 Å². The van der Waals surface area contributed by atoms with Gasteiger partial charge in [0, 0.05) is 10.7 Å². The van der Waals surface area contributed by atoms with Gasteiger partial charge in [0.25, 0.3) is 0 Å². The highest BCUT2D eigenvalue weighted by Crippen LogP contribution is 2.33. The lowest BCUT2D eigenvalue weighted by Gasteiger charge is -2.31. The number of anilines is 2. The summed E-state index contributed by atoms with van der Waals surface area (Å²) in [6.07, 6.45) is 2.04. The zero-order chi connectivity index (χ0) is 20.2. The fourth-order valence-corrected chi connectivity index (χ4v) is 4.50. The second kappa shape index (κ2) is 8.95. The number of aryl methyl sites for hydroxylation is 1. The monoisotopic (exact) mass is 428 g/mol. The molecule has 0 aliphatic rings. The maximum atomic E-state index is 13.0. The quantitative estimate of drug-likeness (QED) is 0.692. The summed E-state index contributed by atoms with van der Waals surface area (Å²) in [4.78, 5) is 13.0. The zero-order valence-corrected chi connectivity index (χ0v) is 17.7. The fraction of sp³-hybridized carbons (Fsp3) is 0.316. The van der Waals surface area contributed by atoms with Crippen molar-refractivity contribution < 1.29 is 13.2 Å². The third kappa shape index (κ3) is 5.15. The van der Waals surface area contributed by atoms with Crippen molar-refractivity contribution >= 4 is 50.5 Å². The van der Waals surface area contributed by atoms with Gasteiger partial charge in [-0.05, 0) is 42.7 Å². The van der Waals surface area contributed by atoms with Crippen LogP contribution in [0.15, 0.2) is 42.5 Å². The molecule has 0 aliphatic heterocycles. The van der Waals surface area contributed by atoms with E-state index in [1.807, 2.05) is 25.1 Å². The number of hydrogen-bond donors (Lipinski definition) is 1. The van der Waals surface area contributed by atoms with Gasteiger partial charge in [0.05, 0.1) is 17.0 Å². The smallest absolute Gasteiger partial charge is 0.248 e. The van der Waals surface area contributed by atoms with E-state index < -0.39 is 22.0 Å². The van der Waals surface area contributed by atoms with Crippen LogP contribution in [0.5, 0.6) is 0 Å². The maximum Gasteiger partial charge on any atom is 0.248 e. The van der Waals surface area contributed by atoms with Crippen LogP contribution in [0.1, 0.15) is 25.8 Å². The number of nitrogens with zero attached hydrogens (tertiary/aromatic N) is 1. The molecule has 0 fully saturated rings. The van der Waals surface area contributed by atoms with Gasteiger partial charge in [-0.1, -0.05) is 55.2 Å². The molecule has 1 amide bonds. The lowest BCUT2D eigenvalue weighted by Crippen LogP contribution is -2.47. The molecule has 0 radical (unpaired) electrons. The van der Waals surface area contributed by atoms with Crippen LogP contribution in [0.2, 0.25) is 10.0 Å². The number of carbonyl (C=O) groups is 1. The molecule has 2 aromatic carbocycles. The van der Waals surface area contributed by atoms with E-state index in [1.165, 1.54) is 12.1 Å². The third-order valence-electron chi connectivity index (χ3n) is 4.13. The first-order valence-corrected chi connectivity index (χ1v) is 11.1. The Morgan fingerprint density at radius 3 is 2.41 bits per heavy atom. The molecule has 0 aliphatic carbocycles. The summed E-state index contributed by atoms with van der Waals surface area (Å²) in [6.45, 7) is 3.73. The van der Waals surface area contributed by atoms with Crippen molar-refractivity contribution in [3.05, 3.63) is 58.1 Å². The van der Waals surface area contributed by atoms with Gasteiger partial charge in [-0.2, -0.15) is 0 Å². The van der Waals surface area contributed by atoms with Gasteiger partial charge in [-0.15, -0.1) is 0 Å². The average molecular weight is 429 g/mol. The Morgan fingerprint density at radius 2 is 1.81 bits per heavy atom. The normalized spacial score (nSPS) is 12.5. The van der Waals surface area contributed by atoms with Crippen LogP contribution < -0.4 is 9.62 Å². The van der Waals surface area contributed by atoms with E-state index in [0.717, 1.165) is 22.5 Å². The first-order chi connectivity index (χ1) is 12.7. The molecule has 0 aromatic heterocycles. The predicted molar refractivity (Wildman–Crippen MR) is 112 cm³/mol. The second-order valence-corrected chi connectivity index (χ2v) is 8.78. The highest BCUT2D eigenvalue weighted by atomic mass is 35.5. The fourth-order valence-electron chi connectivity index (χ4n) is 2.86. The lowest BCUT2D eigenvalue weighted by atomic mass is 10.1. The molecule has 2 aromatic rings. The van der Waals surface area contributed by atoms with E-state index >= 15 is 0 Å². The highest BCUT2D eigenvalue weighted by Gasteiger charge is 2.33. The number of rotatable bonds is 7. The van der Waals surface area contributed by atoms with Crippen LogP contribution in [-0.4, -0.2) is 26.6 Å². The van der Waals surface area contributed by atoms with E-state index in [9.17, 15) is 13.2 Å². The highest BCUT2D eigenvalue weighted by molar-refractivity contribution is 7.92. The predicted octanol–water partition coefficient (Wildman–Crippen LogP) is 4.74. The Labute approximate surface area is 170 Å². The molecule has 8 heteroatoms. The Morgan fingerprint density at radius 1 is 1.15 bits per heavy atom.